The highest BCUT2D eigenvalue weighted by Gasteiger charge is 2.38. The maximum atomic E-state index is 6.02. The van der Waals surface area contributed by atoms with Crippen LogP contribution in [0.3, 0.4) is 0 Å². The van der Waals surface area contributed by atoms with Gasteiger partial charge >= 0.3 is 0 Å². The molecule has 17 heavy (non-hydrogen) atoms. The average molecular weight is 318 g/mol. The molecule has 1 aliphatic heterocycles. The fourth-order valence-electron chi connectivity index (χ4n) is 2.53. The van der Waals surface area contributed by atoms with Gasteiger partial charge in [0, 0.05) is 39.9 Å². The summed E-state index contributed by atoms with van der Waals surface area (Å²) in [5.74, 6) is 0. The van der Waals surface area contributed by atoms with Crippen LogP contribution in [-0.2, 0) is 6.54 Å². The third kappa shape index (κ3) is 2.90. The van der Waals surface area contributed by atoms with Crippen molar-refractivity contribution < 1.29 is 0 Å². The molecule has 1 fully saturated rings. The molecule has 0 bridgehead atoms. The Balaban J connectivity index is 2.05. The Kier molecular flexibility index (Phi) is 4.26. The highest BCUT2D eigenvalue weighted by molar-refractivity contribution is 9.10. The third-order valence-electron chi connectivity index (χ3n) is 3.73. The van der Waals surface area contributed by atoms with E-state index in [0.29, 0.717) is 0 Å². The molecule has 1 saturated heterocycles. The normalized spacial score (nSPS) is 25.9. The molecule has 2 rings (SSSR count). The van der Waals surface area contributed by atoms with Crippen molar-refractivity contribution >= 4 is 27.3 Å². The number of nitrogens with two attached hydrogens (primary N) is 1. The number of halogens is 1. The van der Waals surface area contributed by atoms with Crippen LogP contribution in [0.4, 0.5) is 0 Å². The molecule has 96 valence electrons. The van der Waals surface area contributed by atoms with Crippen LogP contribution in [0.1, 0.15) is 11.3 Å². The molecule has 0 spiro atoms. The van der Waals surface area contributed by atoms with Gasteiger partial charge in [-0.05, 0) is 49.1 Å². The third-order valence-corrected chi connectivity index (χ3v) is 5.41. The van der Waals surface area contributed by atoms with Crippen LogP contribution in [0.2, 0.25) is 0 Å². The molecule has 1 unspecified atom stereocenters. The zero-order valence-corrected chi connectivity index (χ0v) is 12.9. The zero-order valence-electron chi connectivity index (χ0n) is 10.4. The van der Waals surface area contributed by atoms with Crippen molar-refractivity contribution in [2.75, 3.05) is 33.7 Å². The van der Waals surface area contributed by atoms with Crippen LogP contribution in [0.25, 0.3) is 0 Å². The molecule has 5 heteroatoms. The van der Waals surface area contributed by atoms with E-state index < -0.39 is 0 Å². The minimum Gasteiger partial charge on any atom is -0.329 e. The number of hydrogen-bond donors (Lipinski definition) is 1. The van der Waals surface area contributed by atoms with Crippen LogP contribution < -0.4 is 5.73 Å². The molecule has 1 aliphatic rings. The fraction of sp³-hybridized carbons (Fsp3) is 0.667. The van der Waals surface area contributed by atoms with E-state index in [1.807, 2.05) is 0 Å². The zero-order chi connectivity index (χ0) is 12.5. The highest BCUT2D eigenvalue weighted by Crippen LogP contribution is 2.28. The summed E-state index contributed by atoms with van der Waals surface area (Å²) in [6, 6.07) is 2.20. The summed E-state index contributed by atoms with van der Waals surface area (Å²) in [5.41, 5.74) is 6.17. The lowest BCUT2D eigenvalue weighted by Crippen LogP contribution is -2.53. The number of thiophene rings is 1. The second-order valence-electron chi connectivity index (χ2n) is 5.00. The van der Waals surface area contributed by atoms with E-state index in [2.05, 4.69) is 51.3 Å². The van der Waals surface area contributed by atoms with E-state index in [1.54, 1.807) is 11.3 Å². The Hall–Kier alpha value is 0.0600. The van der Waals surface area contributed by atoms with Crippen molar-refractivity contribution in [2.45, 2.75) is 18.5 Å². The number of likely N-dealkylation sites (tertiary alicyclic amines) is 1. The Morgan fingerprint density at radius 2 is 2.41 bits per heavy atom. The van der Waals surface area contributed by atoms with E-state index >= 15 is 0 Å². The van der Waals surface area contributed by atoms with Gasteiger partial charge < -0.3 is 10.6 Å². The number of nitrogens with zero attached hydrogens (tertiary/aromatic N) is 2. The topological polar surface area (TPSA) is 32.5 Å². The van der Waals surface area contributed by atoms with Crippen molar-refractivity contribution in [3.8, 4) is 0 Å². The van der Waals surface area contributed by atoms with E-state index in [4.69, 9.17) is 5.73 Å². The van der Waals surface area contributed by atoms with Gasteiger partial charge in [0.15, 0.2) is 0 Å². The van der Waals surface area contributed by atoms with Crippen LogP contribution in [-0.4, -0.2) is 49.1 Å². The summed E-state index contributed by atoms with van der Waals surface area (Å²) in [6.45, 7) is 3.95. The van der Waals surface area contributed by atoms with Gasteiger partial charge in [0.05, 0.1) is 0 Å². The van der Waals surface area contributed by atoms with Crippen molar-refractivity contribution in [1.29, 1.82) is 0 Å². The van der Waals surface area contributed by atoms with Gasteiger partial charge in [0.1, 0.15) is 0 Å². The molecular weight excluding hydrogens is 298 g/mol. The molecule has 0 aliphatic carbocycles. The van der Waals surface area contributed by atoms with Crippen LogP contribution in [0, 0.1) is 0 Å². The first kappa shape index (κ1) is 13.5. The van der Waals surface area contributed by atoms with Crippen LogP contribution in [0.5, 0.6) is 0 Å². The van der Waals surface area contributed by atoms with Gasteiger partial charge in [-0.1, -0.05) is 0 Å². The SMILES string of the molecule is CN1CCC(CN)(N(C)Cc2cc(Br)cs2)C1. The minimum atomic E-state index is 0.158. The highest BCUT2D eigenvalue weighted by atomic mass is 79.9. The summed E-state index contributed by atoms with van der Waals surface area (Å²) in [4.78, 5) is 6.18. The maximum Gasteiger partial charge on any atom is 0.0471 e. The van der Waals surface area contributed by atoms with Crippen LogP contribution in [0.15, 0.2) is 15.9 Å². The molecule has 0 saturated carbocycles. The lowest BCUT2D eigenvalue weighted by molar-refractivity contribution is 0.127. The predicted molar refractivity (Wildman–Crippen MR) is 77.4 cm³/mol. The number of hydrogen-bond acceptors (Lipinski definition) is 4. The molecular formula is C12H20BrN3S. The van der Waals surface area contributed by atoms with Gasteiger partial charge in [-0.15, -0.1) is 11.3 Å². The molecule has 1 atom stereocenters. The summed E-state index contributed by atoms with van der Waals surface area (Å²) in [5, 5.41) is 2.14. The van der Waals surface area contributed by atoms with E-state index in [-0.39, 0.29) is 5.54 Å². The van der Waals surface area contributed by atoms with E-state index in [0.717, 1.165) is 26.2 Å². The summed E-state index contributed by atoms with van der Waals surface area (Å²) in [7, 11) is 4.37. The quantitative estimate of drug-likeness (QED) is 0.921. The van der Waals surface area contributed by atoms with Crippen molar-refractivity contribution in [3.05, 3.63) is 20.8 Å². The predicted octanol–water partition coefficient (Wildman–Crippen LogP) is 1.98. The molecule has 0 aromatic carbocycles. The molecule has 2 N–H and O–H groups in total. The Morgan fingerprint density at radius 1 is 1.65 bits per heavy atom. The van der Waals surface area contributed by atoms with Gasteiger partial charge in [-0.25, -0.2) is 0 Å². The van der Waals surface area contributed by atoms with Crippen molar-refractivity contribution in [2.24, 2.45) is 5.73 Å². The molecule has 1 aromatic heterocycles. The average Bonchev–Trinajstić information content (AvgIpc) is 2.86. The second-order valence-corrected chi connectivity index (χ2v) is 6.92. The van der Waals surface area contributed by atoms with Crippen LogP contribution >= 0.6 is 27.3 Å². The van der Waals surface area contributed by atoms with Crippen molar-refractivity contribution in [3.63, 3.8) is 0 Å². The number of likely N-dealkylation sites (N-methyl/N-ethyl adjacent to an activating group) is 2. The van der Waals surface area contributed by atoms with E-state index in [1.165, 1.54) is 15.8 Å². The first-order valence-electron chi connectivity index (χ1n) is 5.88. The lowest BCUT2D eigenvalue weighted by Gasteiger charge is -2.37. The Labute approximate surface area is 116 Å². The van der Waals surface area contributed by atoms with Crippen molar-refractivity contribution in [1.82, 2.24) is 9.80 Å². The summed E-state index contributed by atoms with van der Waals surface area (Å²) < 4.78 is 1.18. The Morgan fingerprint density at radius 3 is 2.88 bits per heavy atom. The molecule has 0 radical (unpaired) electrons. The monoisotopic (exact) mass is 317 g/mol. The molecule has 3 nitrogen and oxygen atoms in total. The fourth-order valence-corrected chi connectivity index (χ4v) is 4.04. The first-order chi connectivity index (χ1) is 8.05. The summed E-state index contributed by atoms with van der Waals surface area (Å²) in [6.07, 6.45) is 1.17. The maximum absolute atomic E-state index is 6.02. The van der Waals surface area contributed by atoms with Gasteiger partial charge in [0.25, 0.3) is 0 Å². The standard InChI is InChI=1S/C12H20BrN3S/c1-15-4-3-12(8-14,9-15)16(2)6-11-5-10(13)7-17-11/h5,7H,3-4,6,8-9,14H2,1-2H3. The second kappa shape index (κ2) is 5.36. The first-order valence-corrected chi connectivity index (χ1v) is 7.56. The smallest absolute Gasteiger partial charge is 0.0471 e. The number of rotatable bonds is 4. The Bertz CT molecular complexity index is 382. The summed E-state index contributed by atoms with van der Waals surface area (Å²) >= 11 is 5.31. The molecule has 0 amide bonds. The molecule has 2 heterocycles. The van der Waals surface area contributed by atoms with E-state index in [9.17, 15) is 0 Å². The van der Waals surface area contributed by atoms with Gasteiger partial charge in [0.2, 0.25) is 0 Å². The lowest BCUT2D eigenvalue weighted by atomic mass is 9.96. The largest absolute Gasteiger partial charge is 0.329 e. The molecule has 1 aromatic rings. The van der Waals surface area contributed by atoms with Gasteiger partial charge in [-0.2, -0.15) is 0 Å². The minimum absolute atomic E-state index is 0.158. The van der Waals surface area contributed by atoms with Gasteiger partial charge in [-0.3, -0.25) is 4.90 Å².